The van der Waals surface area contributed by atoms with Gasteiger partial charge in [0.2, 0.25) is 0 Å². The summed E-state index contributed by atoms with van der Waals surface area (Å²) in [7, 11) is 1.69. The fourth-order valence-corrected chi connectivity index (χ4v) is 2.09. The zero-order valence-electron chi connectivity index (χ0n) is 11.4. The number of nitro benzene ring substituents is 1. The van der Waals surface area contributed by atoms with Gasteiger partial charge in [0.15, 0.2) is 5.75 Å². The smallest absolute Gasteiger partial charge is 0.311 e. The summed E-state index contributed by atoms with van der Waals surface area (Å²) in [4.78, 5) is 21.1. The normalized spacial score (nSPS) is 10.4. The van der Waals surface area contributed by atoms with Crippen molar-refractivity contribution in [2.24, 2.45) is 7.05 Å². The molecule has 0 aliphatic rings. The number of aryl methyl sites for hydroxylation is 2. The maximum Gasteiger partial charge on any atom is 0.311 e. The molecule has 8 heteroatoms. The van der Waals surface area contributed by atoms with Crippen LogP contribution < -0.4 is 4.74 Å². The molecule has 0 aliphatic heterocycles. The fourth-order valence-electron chi connectivity index (χ4n) is 1.86. The Morgan fingerprint density at radius 3 is 2.76 bits per heavy atom. The molecule has 0 saturated carbocycles. The van der Waals surface area contributed by atoms with Crippen molar-refractivity contribution < 1.29 is 14.5 Å². The number of carbonyl (C=O) groups excluding carboxylic acids is 1. The van der Waals surface area contributed by atoms with Gasteiger partial charge in [0.25, 0.3) is 0 Å². The first-order valence-electron chi connectivity index (χ1n) is 5.98. The number of nitro groups is 1. The van der Waals surface area contributed by atoms with Crippen LogP contribution in [0.2, 0.25) is 5.15 Å². The summed E-state index contributed by atoms with van der Waals surface area (Å²) in [5.74, 6) is 0.0740. The highest BCUT2D eigenvalue weighted by Gasteiger charge is 2.18. The van der Waals surface area contributed by atoms with E-state index in [1.54, 1.807) is 14.0 Å². The van der Waals surface area contributed by atoms with Gasteiger partial charge >= 0.3 is 5.69 Å². The molecule has 7 nitrogen and oxygen atoms in total. The molecule has 0 amide bonds. The highest BCUT2D eigenvalue weighted by Crippen LogP contribution is 2.29. The van der Waals surface area contributed by atoms with Gasteiger partial charge in [-0.25, -0.2) is 0 Å². The lowest BCUT2D eigenvalue weighted by molar-refractivity contribution is -0.386. The van der Waals surface area contributed by atoms with E-state index in [1.807, 2.05) is 0 Å². The monoisotopic (exact) mass is 309 g/mol. The molecule has 0 saturated heterocycles. The zero-order chi connectivity index (χ0) is 15.6. The Bertz CT molecular complexity index is 712. The van der Waals surface area contributed by atoms with Crippen LogP contribution in [0.3, 0.4) is 0 Å². The van der Waals surface area contributed by atoms with Crippen molar-refractivity contribution in [2.45, 2.75) is 13.5 Å². The summed E-state index contributed by atoms with van der Waals surface area (Å²) in [6.07, 6.45) is 0.541. The van der Waals surface area contributed by atoms with Crippen molar-refractivity contribution in [2.75, 3.05) is 0 Å². The number of carbonyl (C=O) groups is 1. The molecular formula is C13H12ClN3O4. The molecule has 0 atom stereocenters. The Balaban J connectivity index is 2.27. The van der Waals surface area contributed by atoms with E-state index in [-0.39, 0.29) is 23.6 Å². The van der Waals surface area contributed by atoms with Crippen LogP contribution >= 0.6 is 11.6 Å². The standard InChI is InChI=1S/C13H12ClN3O4/c1-8-10(13(14)16(2)15-8)7-21-12-4-3-9(6-18)5-11(12)17(19)20/h3-6H,7H2,1-2H3. The molecule has 2 aromatic rings. The van der Waals surface area contributed by atoms with E-state index in [9.17, 15) is 14.9 Å². The minimum Gasteiger partial charge on any atom is -0.482 e. The van der Waals surface area contributed by atoms with Gasteiger partial charge in [0.1, 0.15) is 18.0 Å². The van der Waals surface area contributed by atoms with Crippen LogP contribution in [0.4, 0.5) is 5.69 Å². The highest BCUT2D eigenvalue weighted by atomic mass is 35.5. The van der Waals surface area contributed by atoms with E-state index in [2.05, 4.69) is 5.10 Å². The maximum atomic E-state index is 11.0. The summed E-state index contributed by atoms with van der Waals surface area (Å²) < 4.78 is 6.96. The van der Waals surface area contributed by atoms with Crippen LogP contribution in [-0.2, 0) is 13.7 Å². The SMILES string of the molecule is Cc1nn(C)c(Cl)c1COc1ccc(C=O)cc1[N+](=O)[O-]. The molecule has 21 heavy (non-hydrogen) atoms. The predicted molar refractivity (Wildman–Crippen MR) is 75.8 cm³/mol. The first-order valence-corrected chi connectivity index (χ1v) is 6.36. The fraction of sp³-hybridized carbons (Fsp3) is 0.231. The zero-order valence-corrected chi connectivity index (χ0v) is 12.1. The van der Waals surface area contributed by atoms with Gasteiger partial charge in [-0.05, 0) is 19.1 Å². The summed E-state index contributed by atoms with van der Waals surface area (Å²) >= 11 is 6.07. The predicted octanol–water partition coefficient (Wildman–Crippen LogP) is 2.68. The summed E-state index contributed by atoms with van der Waals surface area (Å²) in [5, 5.41) is 15.6. The average Bonchev–Trinajstić information content (AvgIpc) is 2.70. The molecule has 0 spiro atoms. The number of hydrogen-bond acceptors (Lipinski definition) is 5. The third kappa shape index (κ3) is 3.03. The molecule has 0 fully saturated rings. The number of aromatic nitrogens is 2. The number of benzene rings is 1. The Kier molecular flexibility index (Phi) is 4.23. The van der Waals surface area contributed by atoms with Crippen LogP contribution in [0.1, 0.15) is 21.6 Å². The Morgan fingerprint density at radius 1 is 1.52 bits per heavy atom. The van der Waals surface area contributed by atoms with Gasteiger partial charge in [0, 0.05) is 24.2 Å². The molecule has 0 bridgehead atoms. The van der Waals surface area contributed by atoms with Gasteiger partial charge < -0.3 is 4.74 Å². The van der Waals surface area contributed by atoms with E-state index in [4.69, 9.17) is 16.3 Å². The Labute approximate surface area is 125 Å². The van der Waals surface area contributed by atoms with Gasteiger partial charge in [-0.3, -0.25) is 19.6 Å². The van der Waals surface area contributed by atoms with Crippen molar-refractivity contribution in [1.82, 2.24) is 9.78 Å². The van der Waals surface area contributed by atoms with Gasteiger partial charge in [-0.2, -0.15) is 5.10 Å². The lowest BCUT2D eigenvalue weighted by Crippen LogP contribution is -2.01. The van der Waals surface area contributed by atoms with Crippen LogP contribution in [0.25, 0.3) is 0 Å². The number of rotatable bonds is 5. The van der Waals surface area contributed by atoms with E-state index >= 15 is 0 Å². The second-order valence-corrected chi connectivity index (χ2v) is 4.73. The highest BCUT2D eigenvalue weighted by molar-refractivity contribution is 6.30. The molecule has 0 aliphatic carbocycles. The first-order chi connectivity index (χ1) is 9.93. The molecular weight excluding hydrogens is 298 g/mol. The third-order valence-corrected chi connectivity index (χ3v) is 3.43. The summed E-state index contributed by atoms with van der Waals surface area (Å²) in [5.41, 5.74) is 1.30. The summed E-state index contributed by atoms with van der Waals surface area (Å²) in [6, 6.07) is 4.01. The molecule has 2 rings (SSSR count). The van der Waals surface area contributed by atoms with Crippen molar-refractivity contribution in [3.63, 3.8) is 0 Å². The quantitative estimate of drug-likeness (QED) is 0.481. The van der Waals surface area contributed by atoms with E-state index < -0.39 is 4.92 Å². The van der Waals surface area contributed by atoms with Crippen molar-refractivity contribution in [3.8, 4) is 5.75 Å². The maximum absolute atomic E-state index is 11.0. The molecule has 0 radical (unpaired) electrons. The van der Waals surface area contributed by atoms with Gasteiger partial charge in [-0.15, -0.1) is 0 Å². The van der Waals surface area contributed by atoms with Crippen LogP contribution in [0.5, 0.6) is 5.75 Å². The molecule has 1 aromatic carbocycles. The van der Waals surface area contributed by atoms with Crippen LogP contribution in [-0.4, -0.2) is 21.0 Å². The molecule has 1 heterocycles. The van der Waals surface area contributed by atoms with E-state index in [0.29, 0.717) is 22.7 Å². The second-order valence-electron chi connectivity index (χ2n) is 4.37. The number of nitrogens with zero attached hydrogens (tertiary/aromatic N) is 3. The number of ether oxygens (including phenoxy) is 1. The van der Waals surface area contributed by atoms with E-state index in [0.717, 1.165) is 0 Å². The van der Waals surface area contributed by atoms with Gasteiger partial charge in [0.05, 0.1) is 10.6 Å². The lowest BCUT2D eigenvalue weighted by atomic mass is 10.2. The van der Waals surface area contributed by atoms with Crippen molar-refractivity contribution in [1.29, 1.82) is 0 Å². The topological polar surface area (TPSA) is 87.3 Å². The van der Waals surface area contributed by atoms with E-state index in [1.165, 1.54) is 22.9 Å². The molecule has 0 N–H and O–H groups in total. The Morgan fingerprint density at radius 2 is 2.24 bits per heavy atom. The average molecular weight is 310 g/mol. The first kappa shape index (κ1) is 15.0. The number of hydrogen-bond donors (Lipinski definition) is 0. The summed E-state index contributed by atoms with van der Waals surface area (Å²) in [6.45, 7) is 1.83. The number of aldehydes is 1. The Hall–Kier alpha value is -2.41. The molecule has 1 aromatic heterocycles. The van der Waals surface area contributed by atoms with Crippen molar-refractivity contribution in [3.05, 3.63) is 50.3 Å². The minimum atomic E-state index is -0.597. The van der Waals surface area contributed by atoms with Crippen LogP contribution in [0.15, 0.2) is 18.2 Å². The van der Waals surface area contributed by atoms with Crippen molar-refractivity contribution >= 4 is 23.6 Å². The second kappa shape index (κ2) is 5.92. The lowest BCUT2D eigenvalue weighted by Gasteiger charge is -2.07. The van der Waals surface area contributed by atoms with Crippen LogP contribution in [0, 0.1) is 17.0 Å². The molecule has 0 unspecified atom stereocenters. The molecule has 110 valence electrons. The third-order valence-electron chi connectivity index (χ3n) is 2.96. The minimum absolute atomic E-state index is 0.0553. The largest absolute Gasteiger partial charge is 0.482 e. The van der Waals surface area contributed by atoms with Gasteiger partial charge in [-0.1, -0.05) is 11.6 Å². The number of halogens is 1.